The maximum absolute atomic E-state index is 12.9. The van der Waals surface area contributed by atoms with E-state index < -0.39 is 0 Å². The molecule has 2 fully saturated rings. The fraction of sp³-hybridized carbons (Fsp3) is 0.615. The molecular weight excluding hydrogens is 400 g/mol. The van der Waals surface area contributed by atoms with Crippen LogP contribution in [0.25, 0.3) is 10.9 Å². The highest BCUT2D eigenvalue weighted by Gasteiger charge is 2.30. The lowest BCUT2D eigenvalue weighted by Crippen LogP contribution is -2.43. The number of rotatable bonds is 7. The number of benzene rings is 1. The van der Waals surface area contributed by atoms with Gasteiger partial charge in [0.1, 0.15) is 5.69 Å². The van der Waals surface area contributed by atoms with E-state index in [9.17, 15) is 9.59 Å². The summed E-state index contributed by atoms with van der Waals surface area (Å²) in [6.45, 7) is 8.80. The molecule has 3 heterocycles. The van der Waals surface area contributed by atoms with Gasteiger partial charge >= 0.3 is 0 Å². The van der Waals surface area contributed by atoms with Gasteiger partial charge in [-0.3, -0.25) is 9.59 Å². The van der Waals surface area contributed by atoms with Crippen LogP contribution in [0.3, 0.4) is 0 Å². The second-order valence-corrected chi connectivity index (χ2v) is 9.71. The van der Waals surface area contributed by atoms with Crippen LogP contribution in [0.4, 0.5) is 0 Å². The molecule has 1 aromatic heterocycles. The monoisotopic (exact) mass is 438 g/mol. The maximum atomic E-state index is 12.9. The van der Waals surface area contributed by atoms with Crippen LogP contribution in [0.1, 0.15) is 62.9 Å². The molecule has 6 heteroatoms. The Morgan fingerprint density at radius 2 is 1.91 bits per heavy atom. The third-order valence-corrected chi connectivity index (χ3v) is 7.57. The van der Waals surface area contributed by atoms with Crippen LogP contribution in [-0.4, -0.2) is 65.4 Å². The summed E-state index contributed by atoms with van der Waals surface area (Å²) in [4.78, 5) is 33.3. The number of piperidine rings is 2. The first kappa shape index (κ1) is 22.8. The molecular formula is C26H38N4O2. The van der Waals surface area contributed by atoms with Crippen molar-refractivity contribution in [2.45, 2.75) is 58.4 Å². The number of H-pyrrole nitrogens is 1. The zero-order chi connectivity index (χ0) is 22.5. The van der Waals surface area contributed by atoms with Gasteiger partial charge in [-0.1, -0.05) is 31.5 Å². The summed E-state index contributed by atoms with van der Waals surface area (Å²) in [5, 5.41) is 4.22. The smallest absolute Gasteiger partial charge is 0.270 e. The highest BCUT2D eigenvalue weighted by molar-refractivity contribution is 5.98. The van der Waals surface area contributed by atoms with Gasteiger partial charge in [-0.15, -0.1) is 0 Å². The standard InChI is InChI=1S/C26H38N4O2/c1-19-8-5-6-14-29(19)15-7-13-27-25(31)20(2)21-11-16-30(17-12-21)26(32)24-18-22-9-3-4-10-23(22)28-24/h3-4,9-10,18-21,28H,5-8,11-17H2,1-2H3,(H,27,31)/t19-,20+/m1/s1. The van der Waals surface area contributed by atoms with Crippen molar-refractivity contribution in [3.8, 4) is 0 Å². The van der Waals surface area contributed by atoms with Gasteiger partial charge in [-0.25, -0.2) is 0 Å². The molecule has 0 aliphatic carbocycles. The molecule has 0 saturated carbocycles. The van der Waals surface area contributed by atoms with Crippen molar-refractivity contribution in [1.29, 1.82) is 0 Å². The molecule has 2 amide bonds. The van der Waals surface area contributed by atoms with Gasteiger partial charge in [0.05, 0.1) is 0 Å². The molecule has 0 radical (unpaired) electrons. The molecule has 2 atom stereocenters. The van der Waals surface area contributed by atoms with Crippen LogP contribution in [0.15, 0.2) is 30.3 Å². The van der Waals surface area contributed by atoms with Crippen molar-refractivity contribution < 1.29 is 9.59 Å². The Morgan fingerprint density at radius 1 is 1.12 bits per heavy atom. The number of fused-ring (bicyclic) bond motifs is 1. The number of aromatic amines is 1. The zero-order valence-electron chi connectivity index (χ0n) is 19.6. The lowest BCUT2D eigenvalue weighted by Gasteiger charge is -2.34. The summed E-state index contributed by atoms with van der Waals surface area (Å²) in [6, 6.07) is 10.6. The molecule has 32 heavy (non-hydrogen) atoms. The number of hydrogen-bond acceptors (Lipinski definition) is 3. The van der Waals surface area contributed by atoms with Crippen molar-refractivity contribution in [2.75, 3.05) is 32.7 Å². The summed E-state index contributed by atoms with van der Waals surface area (Å²) in [6.07, 6.45) is 6.72. The van der Waals surface area contributed by atoms with Gasteiger partial charge in [0.2, 0.25) is 5.91 Å². The minimum absolute atomic E-state index is 0.00534. The van der Waals surface area contributed by atoms with E-state index in [0.29, 0.717) is 30.7 Å². The SMILES string of the molecule is C[C@H](C(=O)NCCCN1CCCC[C@H]1C)C1CCN(C(=O)c2cc3ccccc3[nH]2)CC1. The molecule has 0 spiro atoms. The number of likely N-dealkylation sites (tertiary alicyclic amines) is 2. The summed E-state index contributed by atoms with van der Waals surface area (Å²) < 4.78 is 0. The second kappa shape index (κ2) is 10.5. The Bertz CT molecular complexity index is 882. The minimum atomic E-state index is -0.00534. The number of nitrogens with one attached hydrogen (secondary N) is 2. The average molecular weight is 439 g/mol. The molecule has 2 N–H and O–H groups in total. The average Bonchev–Trinajstić information content (AvgIpc) is 3.26. The number of aromatic nitrogens is 1. The van der Waals surface area contributed by atoms with Crippen LogP contribution in [0.5, 0.6) is 0 Å². The van der Waals surface area contributed by atoms with Crippen molar-refractivity contribution in [1.82, 2.24) is 20.1 Å². The van der Waals surface area contributed by atoms with E-state index in [1.807, 2.05) is 42.2 Å². The van der Waals surface area contributed by atoms with E-state index in [2.05, 4.69) is 22.1 Å². The van der Waals surface area contributed by atoms with E-state index in [-0.39, 0.29) is 17.7 Å². The summed E-state index contributed by atoms with van der Waals surface area (Å²) in [5.74, 6) is 0.555. The molecule has 2 saturated heterocycles. The Kier molecular flexibility index (Phi) is 7.51. The number of carbonyl (C=O) groups excluding carboxylic acids is 2. The lowest BCUT2D eigenvalue weighted by atomic mass is 9.84. The highest BCUT2D eigenvalue weighted by Crippen LogP contribution is 2.26. The van der Waals surface area contributed by atoms with Gasteiger partial charge in [-0.05, 0) is 63.6 Å². The van der Waals surface area contributed by atoms with Crippen LogP contribution < -0.4 is 5.32 Å². The maximum Gasteiger partial charge on any atom is 0.270 e. The Morgan fingerprint density at radius 3 is 2.66 bits per heavy atom. The quantitative estimate of drug-likeness (QED) is 0.641. The minimum Gasteiger partial charge on any atom is -0.356 e. The van der Waals surface area contributed by atoms with Crippen LogP contribution >= 0.6 is 0 Å². The molecule has 2 aromatic rings. The van der Waals surface area contributed by atoms with Crippen molar-refractivity contribution >= 4 is 22.7 Å². The fourth-order valence-electron chi connectivity index (χ4n) is 5.32. The Labute approximate surface area is 191 Å². The molecule has 174 valence electrons. The third kappa shape index (κ3) is 5.34. The van der Waals surface area contributed by atoms with Crippen molar-refractivity contribution in [3.05, 3.63) is 36.0 Å². The van der Waals surface area contributed by atoms with E-state index >= 15 is 0 Å². The van der Waals surface area contributed by atoms with Crippen LogP contribution in [-0.2, 0) is 4.79 Å². The first-order chi connectivity index (χ1) is 15.5. The summed E-state index contributed by atoms with van der Waals surface area (Å²) in [7, 11) is 0. The van der Waals surface area contributed by atoms with Gasteiger partial charge < -0.3 is 20.1 Å². The Balaban J connectivity index is 1.19. The van der Waals surface area contributed by atoms with E-state index in [4.69, 9.17) is 0 Å². The zero-order valence-corrected chi connectivity index (χ0v) is 19.6. The molecule has 2 aliphatic rings. The van der Waals surface area contributed by atoms with Crippen molar-refractivity contribution in [2.24, 2.45) is 11.8 Å². The van der Waals surface area contributed by atoms with Crippen LogP contribution in [0, 0.1) is 11.8 Å². The molecule has 0 bridgehead atoms. The molecule has 4 rings (SSSR count). The largest absolute Gasteiger partial charge is 0.356 e. The summed E-state index contributed by atoms with van der Waals surface area (Å²) >= 11 is 0. The first-order valence-corrected chi connectivity index (χ1v) is 12.4. The topological polar surface area (TPSA) is 68.4 Å². The normalized spacial score (nSPS) is 21.6. The van der Waals surface area contributed by atoms with Gasteiger partial charge in [0.15, 0.2) is 0 Å². The first-order valence-electron chi connectivity index (χ1n) is 12.4. The number of carbonyl (C=O) groups is 2. The highest BCUT2D eigenvalue weighted by atomic mass is 16.2. The van der Waals surface area contributed by atoms with Gasteiger partial charge in [-0.2, -0.15) is 0 Å². The van der Waals surface area contributed by atoms with Gasteiger partial charge in [0.25, 0.3) is 5.91 Å². The lowest BCUT2D eigenvalue weighted by molar-refractivity contribution is -0.126. The van der Waals surface area contributed by atoms with Crippen molar-refractivity contribution in [3.63, 3.8) is 0 Å². The molecule has 2 aliphatic heterocycles. The second-order valence-electron chi connectivity index (χ2n) is 9.71. The predicted molar refractivity (Wildman–Crippen MR) is 129 cm³/mol. The summed E-state index contributed by atoms with van der Waals surface area (Å²) in [5.41, 5.74) is 1.64. The number of amides is 2. The number of nitrogens with zero attached hydrogens (tertiary/aromatic N) is 2. The van der Waals surface area contributed by atoms with Crippen LogP contribution in [0.2, 0.25) is 0 Å². The van der Waals surface area contributed by atoms with Gasteiger partial charge in [0, 0.05) is 49.0 Å². The molecule has 1 aromatic carbocycles. The predicted octanol–water partition coefficient (Wildman–Crippen LogP) is 4.04. The van der Waals surface area contributed by atoms with E-state index in [1.165, 1.54) is 25.8 Å². The number of hydrogen-bond donors (Lipinski definition) is 2. The van der Waals surface area contributed by atoms with E-state index in [0.717, 1.165) is 43.3 Å². The number of para-hydroxylation sites is 1. The van der Waals surface area contributed by atoms with E-state index in [1.54, 1.807) is 0 Å². The molecule has 0 unspecified atom stereocenters. The molecule has 6 nitrogen and oxygen atoms in total. The fourth-order valence-corrected chi connectivity index (χ4v) is 5.32. The third-order valence-electron chi connectivity index (χ3n) is 7.57. The Hall–Kier alpha value is -2.34.